The number of fused-ring (bicyclic) bond motifs is 3. The van der Waals surface area contributed by atoms with Crippen LogP contribution < -0.4 is 5.73 Å². The molecule has 1 aliphatic rings. The van der Waals surface area contributed by atoms with E-state index in [0.29, 0.717) is 47.0 Å². The Morgan fingerprint density at radius 2 is 2.00 bits per heavy atom. The van der Waals surface area contributed by atoms with Crippen LogP contribution in [-0.2, 0) is 16.9 Å². The summed E-state index contributed by atoms with van der Waals surface area (Å²) < 4.78 is 7.98. The average Bonchev–Trinajstić information content (AvgIpc) is 3.06. The monoisotopic (exact) mass is 393 g/mol. The van der Waals surface area contributed by atoms with Crippen molar-refractivity contribution in [3.8, 4) is 11.4 Å². The number of nitrogen functional groups attached to an aromatic ring is 1. The van der Waals surface area contributed by atoms with Crippen LogP contribution in [0, 0.1) is 0 Å². The van der Waals surface area contributed by atoms with Crippen molar-refractivity contribution in [2.24, 2.45) is 5.10 Å². The highest BCUT2D eigenvalue weighted by atomic mass is 16.5. The molecular weight excluding hydrogens is 370 g/mol. The van der Waals surface area contributed by atoms with Crippen molar-refractivity contribution in [3.05, 3.63) is 30.5 Å². The third-order valence-electron chi connectivity index (χ3n) is 4.59. The van der Waals surface area contributed by atoms with Gasteiger partial charge in [-0.05, 0) is 13.8 Å². The lowest BCUT2D eigenvalue weighted by molar-refractivity contribution is -0.0530. The summed E-state index contributed by atoms with van der Waals surface area (Å²) in [6, 6.07) is 0. The van der Waals surface area contributed by atoms with Gasteiger partial charge in [0.25, 0.3) is 0 Å². The van der Waals surface area contributed by atoms with Gasteiger partial charge in [-0.3, -0.25) is 0 Å². The molecule has 0 amide bonds. The second kappa shape index (κ2) is 6.89. The Hall–Kier alpha value is -3.40. The molecular formula is C19H23N9O. The molecule has 2 N–H and O–H groups in total. The van der Waals surface area contributed by atoms with Gasteiger partial charge in [-0.1, -0.05) is 6.58 Å². The summed E-state index contributed by atoms with van der Waals surface area (Å²) in [6.45, 7) is 9.36. The number of aromatic nitrogens is 6. The minimum absolute atomic E-state index is 0.193. The number of hydrogen-bond acceptors (Lipinski definition) is 9. The SMILES string of the molecule is C=C(/C=N\N(C)C)c1nc(-c2cnc(N)nc2)nc2c1nc1n2CCOC1(C)C. The molecule has 10 heteroatoms. The molecule has 0 aliphatic carbocycles. The number of allylic oxidation sites excluding steroid dienone is 1. The van der Waals surface area contributed by atoms with E-state index in [1.165, 1.54) is 0 Å². The summed E-state index contributed by atoms with van der Waals surface area (Å²) in [5, 5.41) is 5.97. The minimum Gasteiger partial charge on any atom is -0.368 e. The zero-order valence-corrected chi connectivity index (χ0v) is 16.9. The van der Waals surface area contributed by atoms with Crippen molar-refractivity contribution in [3.63, 3.8) is 0 Å². The highest BCUT2D eigenvalue weighted by Crippen LogP contribution is 2.33. The number of imidazole rings is 1. The van der Waals surface area contributed by atoms with E-state index in [1.54, 1.807) is 23.6 Å². The third kappa shape index (κ3) is 3.42. The third-order valence-corrected chi connectivity index (χ3v) is 4.59. The van der Waals surface area contributed by atoms with Crippen molar-refractivity contribution in [2.45, 2.75) is 26.0 Å². The van der Waals surface area contributed by atoms with Crippen LogP contribution in [0.5, 0.6) is 0 Å². The van der Waals surface area contributed by atoms with Gasteiger partial charge < -0.3 is 20.0 Å². The molecule has 0 saturated carbocycles. The molecule has 0 atom stereocenters. The van der Waals surface area contributed by atoms with Gasteiger partial charge in [-0.25, -0.2) is 24.9 Å². The second-order valence-corrected chi connectivity index (χ2v) is 7.46. The molecule has 0 aromatic carbocycles. The molecule has 150 valence electrons. The smallest absolute Gasteiger partial charge is 0.219 e. The van der Waals surface area contributed by atoms with Crippen molar-refractivity contribution in [1.82, 2.24) is 34.5 Å². The lowest BCUT2D eigenvalue weighted by Crippen LogP contribution is -2.33. The number of nitrogens with zero attached hydrogens (tertiary/aromatic N) is 8. The van der Waals surface area contributed by atoms with Crippen molar-refractivity contribution in [1.29, 1.82) is 0 Å². The Balaban J connectivity index is 1.97. The van der Waals surface area contributed by atoms with Gasteiger partial charge in [-0.2, -0.15) is 5.10 Å². The van der Waals surface area contributed by atoms with Gasteiger partial charge in [0.2, 0.25) is 5.95 Å². The van der Waals surface area contributed by atoms with Crippen LogP contribution in [0.25, 0.3) is 28.1 Å². The van der Waals surface area contributed by atoms with Crippen LogP contribution >= 0.6 is 0 Å². The summed E-state index contributed by atoms with van der Waals surface area (Å²) >= 11 is 0. The molecule has 29 heavy (non-hydrogen) atoms. The standard InChI is InChI=1S/C19H23N9O/c1-11(8-23-27(4)5)13-14-16(28-6-7-29-19(2,3)17(28)25-14)26-15(24-13)12-9-21-18(20)22-10-12/h8-10H,1,6-7H2,2-5H3,(H2,20,21,22)/b23-8-. The summed E-state index contributed by atoms with van der Waals surface area (Å²) in [5.74, 6) is 1.47. The summed E-state index contributed by atoms with van der Waals surface area (Å²) in [4.78, 5) is 22.4. The predicted octanol–water partition coefficient (Wildman–Crippen LogP) is 1.69. The molecule has 10 nitrogen and oxygen atoms in total. The van der Waals surface area contributed by atoms with Crippen LogP contribution in [0.1, 0.15) is 25.4 Å². The normalized spacial score (nSPS) is 15.6. The lowest BCUT2D eigenvalue weighted by atomic mass is 10.1. The molecule has 0 unspecified atom stereocenters. The van der Waals surface area contributed by atoms with E-state index < -0.39 is 5.60 Å². The molecule has 0 fully saturated rings. The van der Waals surface area contributed by atoms with E-state index in [4.69, 9.17) is 25.4 Å². The Morgan fingerprint density at radius 3 is 2.69 bits per heavy atom. The first kappa shape index (κ1) is 18.9. The topological polar surface area (TPSA) is 120 Å². The van der Waals surface area contributed by atoms with E-state index in [9.17, 15) is 0 Å². The largest absolute Gasteiger partial charge is 0.368 e. The summed E-state index contributed by atoms with van der Waals surface area (Å²) in [7, 11) is 3.68. The zero-order valence-electron chi connectivity index (χ0n) is 16.9. The molecule has 0 saturated heterocycles. The van der Waals surface area contributed by atoms with Crippen LogP contribution in [0.2, 0.25) is 0 Å². The van der Waals surface area contributed by atoms with Crippen LogP contribution in [0.15, 0.2) is 24.1 Å². The van der Waals surface area contributed by atoms with Crippen LogP contribution in [0.4, 0.5) is 5.95 Å². The first-order valence-electron chi connectivity index (χ1n) is 9.17. The van der Waals surface area contributed by atoms with Crippen LogP contribution in [0.3, 0.4) is 0 Å². The minimum atomic E-state index is -0.528. The Labute approximate surface area is 168 Å². The predicted molar refractivity (Wildman–Crippen MR) is 111 cm³/mol. The zero-order chi connectivity index (χ0) is 20.8. The molecule has 3 aromatic rings. The van der Waals surface area contributed by atoms with Crippen molar-refractivity contribution >= 4 is 28.9 Å². The Bertz CT molecular complexity index is 1110. The lowest BCUT2D eigenvalue weighted by Gasteiger charge is -2.30. The van der Waals surface area contributed by atoms with Gasteiger partial charge in [0.05, 0.1) is 18.4 Å². The maximum atomic E-state index is 5.91. The fourth-order valence-electron chi connectivity index (χ4n) is 3.18. The molecule has 4 rings (SSSR count). The van der Waals surface area contributed by atoms with E-state index in [0.717, 1.165) is 5.82 Å². The quantitative estimate of drug-likeness (QED) is 0.525. The number of rotatable bonds is 4. The second-order valence-electron chi connectivity index (χ2n) is 7.46. The summed E-state index contributed by atoms with van der Waals surface area (Å²) in [5.41, 5.74) is 8.35. The maximum Gasteiger partial charge on any atom is 0.219 e. The van der Waals surface area contributed by atoms with Crippen molar-refractivity contribution < 1.29 is 4.74 Å². The maximum absolute atomic E-state index is 5.91. The first-order valence-corrected chi connectivity index (χ1v) is 9.17. The average molecular weight is 393 g/mol. The van der Waals surface area contributed by atoms with E-state index >= 15 is 0 Å². The fraction of sp³-hybridized carbons (Fsp3) is 0.368. The summed E-state index contributed by atoms with van der Waals surface area (Å²) in [6.07, 6.45) is 4.86. The van der Waals surface area contributed by atoms with Gasteiger partial charge >= 0.3 is 0 Å². The van der Waals surface area contributed by atoms with E-state index in [1.807, 2.05) is 27.9 Å². The molecule has 0 bridgehead atoms. The number of anilines is 1. The fourth-order valence-corrected chi connectivity index (χ4v) is 3.18. The van der Waals surface area contributed by atoms with Gasteiger partial charge in [0.15, 0.2) is 11.5 Å². The number of ether oxygens (including phenoxy) is 1. The Morgan fingerprint density at radius 1 is 1.28 bits per heavy atom. The van der Waals surface area contributed by atoms with E-state index in [-0.39, 0.29) is 5.95 Å². The van der Waals surface area contributed by atoms with Gasteiger partial charge in [0, 0.05) is 38.6 Å². The number of hydrogen-bond donors (Lipinski definition) is 1. The molecule has 4 heterocycles. The molecule has 0 spiro atoms. The highest BCUT2D eigenvalue weighted by molar-refractivity contribution is 6.12. The number of hydrazone groups is 1. The Kier molecular flexibility index (Phi) is 4.50. The van der Waals surface area contributed by atoms with Gasteiger partial charge in [0.1, 0.15) is 22.6 Å². The van der Waals surface area contributed by atoms with Crippen LogP contribution in [-0.4, -0.2) is 61.4 Å². The molecule has 1 aliphatic heterocycles. The molecule has 0 radical (unpaired) electrons. The number of nitrogens with two attached hydrogens (primary N) is 1. The van der Waals surface area contributed by atoms with E-state index in [2.05, 4.69) is 26.2 Å². The van der Waals surface area contributed by atoms with Gasteiger partial charge in [-0.15, -0.1) is 0 Å². The molecule has 3 aromatic heterocycles. The highest BCUT2D eigenvalue weighted by Gasteiger charge is 2.33. The first-order chi connectivity index (χ1) is 13.8. The van der Waals surface area contributed by atoms with Crippen molar-refractivity contribution in [2.75, 3.05) is 26.4 Å².